The second-order valence-corrected chi connectivity index (χ2v) is 9.40. The Balaban J connectivity index is 1.46. The van der Waals surface area contributed by atoms with Gasteiger partial charge in [0.1, 0.15) is 0 Å². The molecule has 1 aromatic heterocycles. The normalized spacial score (nSPS) is 15.2. The molecule has 156 valence electrons. The monoisotopic (exact) mass is 424 g/mol. The third-order valence-electron chi connectivity index (χ3n) is 5.32. The van der Waals surface area contributed by atoms with Gasteiger partial charge in [-0.2, -0.15) is 0 Å². The van der Waals surface area contributed by atoms with Gasteiger partial charge in [-0.15, -0.1) is 10.2 Å². The van der Waals surface area contributed by atoms with Crippen LogP contribution in [0.1, 0.15) is 5.56 Å². The Labute approximate surface area is 177 Å². The quantitative estimate of drug-likeness (QED) is 0.650. The van der Waals surface area contributed by atoms with E-state index in [4.69, 9.17) is 0 Å². The summed E-state index contributed by atoms with van der Waals surface area (Å²) < 4.78 is 27.8. The number of rotatable bonds is 5. The van der Waals surface area contributed by atoms with Crippen molar-refractivity contribution in [2.24, 2.45) is 0 Å². The summed E-state index contributed by atoms with van der Waals surface area (Å²) in [4.78, 5) is 4.04. The molecule has 0 amide bonds. The number of hydrogen-bond donors (Lipinski definition) is 2. The van der Waals surface area contributed by atoms with Gasteiger partial charge in [-0.1, -0.05) is 24.3 Å². The van der Waals surface area contributed by atoms with Crippen LogP contribution in [0.2, 0.25) is 0 Å². The first-order valence-electron chi connectivity index (χ1n) is 10.0. The Morgan fingerprint density at radius 3 is 2.33 bits per heavy atom. The average Bonchev–Trinajstić information content (AvgIpc) is 2.75. The van der Waals surface area contributed by atoms with E-state index in [9.17, 15) is 8.42 Å². The van der Waals surface area contributed by atoms with Crippen LogP contribution in [0.3, 0.4) is 0 Å². The number of piperazine rings is 1. The number of nitrogens with one attached hydrogen (secondary N) is 2. The van der Waals surface area contributed by atoms with Crippen molar-refractivity contribution in [1.29, 1.82) is 0 Å². The molecule has 30 heavy (non-hydrogen) atoms. The van der Waals surface area contributed by atoms with Crippen molar-refractivity contribution in [2.75, 3.05) is 42.8 Å². The van der Waals surface area contributed by atoms with Gasteiger partial charge in [-0.3, -0.25) is 4.72 Å². The summed E-state index contributed by atoms with van der Waals surface area (Å²) in [6, 6.07) is 18.0. The Morgan fingerprint density at radius 2 is 1.70 bits per heavy atom. The molecule has 1 aliphatic heterocycles. The van der Waals surface area contributed by atoms with E-state index in [1.54, 1.807) is 30.3 Å². The fraction of sp³-hybridized carbons (Fsp3) is 0.273. The molecular weight excluding hydrogens is 398 g/mol. The number of likely N-dealkylation sites (N-methyl/N-ethyl adjacent to an activating group) is 1. The van der Waals surface area contributed by atoms with Gasteiger partial charge in [-0.25, -0.2) is 8.42 Å². The molecule has 1 fully saturated rings. The largest absolute Gasteiger partial charge is 0.344 e. The summed E-state index contributed by atoms with van der Waals surface area (Å²) in [5.74, 6) is 0.897. The smallest absolute Gasteiger partial charge is 0.261 e. The molecule has 2 aromatic carbocycles. The van der Waals surface area contributed by atoms with Crippen LogP contribution in [0.5, 0.6) is 0 Å². The van der Waals surface area contributed by atoms with Crippen molar-refractivity contribution >= 4 is 21.5 Å². The summed E-state index contributed by atoms with van der Waals surface area (Å²) in [6.45, 7) is 6.03. The first-order chi connectivity index (χ1) is 14.4. The van der Waals surface area contributed by atoms with Crippen LogP contribution in [0.15, 0.2) is 65.6 Å². The van der Waals surface area contributed by atoms with Crippen molar-refractivity contribution in [3.8, 4) is 11.3 Å². The second-order valence-electron chi connectivity index (χ2n) is 7.72. The number of hydrogen-bond acceptors (Lipinski definition) is 5. The molecule has 2 heterocycles. The van der Waals surface area contributed by atoms with Crippen molar-refractivity contribution in [2.45, 2.75) is 11.8 Å². The van der Waals surface area contributed by atoms with E-state index in [0.717, 1.165) is 48.8 Å². The summed E-state index contributed by atoms with van der Waals surface area (Å²) in [5.41, 5.74) is 3.04. The van der Waals surface area contributed by atoms with Gasteiger partial charge in [-0.05, 0) is 48.9 Å². The van der Waals surface area contributed by atoms with Crippen LogP contribution in [-0.2, 0) is 10.0 Å². The van der Waals surface area contributed by atoms with Gasteiger partial charge in [0.25, 0.3) is 10.0 Å². The molecule has 3 aromatic rings. The number of anilines is 2. The van der Waals surface area contributed by atoms with Crippen LogP contribution >= 0.6 is 0 Å². The van der Waals surface area contributed by atoms with Crippen molar-refractivity contribution < 1.29 is 13.3 Å². The van der Waals surface area contributed by atoms with E-state index < -0.39 is 10.0 Å². The maximum atomic E-state index is 12.6. The zero-order valence-electron chi connectivity index (χ0n) is 17.2. The Kier molecular flexibility index (Phi) is 5.69. The Morgan fingerprint density at radius 1 is 0.967 bits per heavy atom. The topological polar surface area (TPSA) is 79.6 Å². The van der Waals surface area contributed by atoms with Gasteiger partial charge >= 0.3 is 0 Å². The number of nitrogens with zero attached hydrogens (tertiary/aromatic N) is 3. The van der Waals surface area contributed by atoms with Gasteiger partial charge in [0.05, 0.1) is 43.8 Å². The molecule has 8 heteroatoms. The third-order valence-corrected chi connectivity index (χ3v) is 6.70. The second kappa shape index (κ2) is 8.41. The molecule has 0 spiro atoms. The minimum absolute atomic E-state index is 0.249. The summed E-state index contributed by atoms with van der Waals surface area (Å²) in [7, 11) is -1.42. The Bertz CT molecular complexity index is 1110. The molecule has 0 radical (unpaired) electrons. The zero-order chi connectivity index (χ0) is 21.1. The summed E-state index contributed by atoms with van der Waals surface area (Å²) >= 11 is 0. The molecule has 0 unspecified atom stereocenters. The lowest BCUT2D eigenvalue weighted by molar-refractivity contribution is -0.880. The van der Waals surface area contributed by atoms with E-state index in [-0.39, 0.29) is 4.90 Å². The lowest BCUT2D eigenvalue weighted by Gasteiger charge is -2.30. The van der Waals surface area contributed by atoms with Crippen molar-refractivity contribution in [1.82, 2.24) is 10.2 Å². The molecule has 4 rings (SSSR count). The van der Waals surface area contributed by atoms with E-state index in [1.165, 1.54) is 4.90 Å². The molecule has 7 nitrogen and oxygen atoms in total. The lowest BCUT2D eigenvalue weighted by Crippen LogP contribution is -3.12. The van der Waals surface area contributed by atoms with Crippen LogP contribution in [0.4, 0.5) is 11.5 Å². The zero-order valence-corrected chi connectivity index (χ0v) is 18.0. The maximum Gasteiger partial charge on any atom is 0.261 e. The van der Waals surface area contributed by atoms with Crippen LogP contribution < -0.4 is 14.5 Å². The van der Waals surface area contributed by atoms with Crippen LogP contribution in [0.25, 0.3) is 11.3 Å². The first-order valence-corrected chi connectivity index (χ1v) is 11.5. The van der Waals surface area contributed by atoms with Crippen LogP contribution in [-0.4, -0.2) is 51.8 Å². The number of benzene rings is 2. The highest BCUT2D eigenvalue weighted by atomic mass is 32.2. The molecule has 1 aliphatic rings. The average molecular weight is 425 g/mol. The number of aromatic nitrogens is 2. The standard InChI is InChI=1S/C22H25N5O2S/c1-17-4-3-5-20(16-17)30(28,29)25-19-8-6-18(7-9-19)21-10-11-22(24-23-21)27-14-12-26(2)13-15-27/h3-11,16,25H,12-15H2,1-2H3/p+1. The summed E-state index contributed by atoms with van der Waals surface area (Å²) in [6.07, 6.45) is 0. The SMILES string of the molecule is Cc1cccc(S(=O)(=O)Nc2ccc(-c3ccc(N4CC[NH+](C)CC4)nn3)cc2)c1. The molecule has 0 aliphatic carbocycles. The molecule has 0 bridgehead atoms. The predicted molar refractivity (Wildman–Crippen MR) is 118 cm³/mol. The number of quaternary nitrogens is 1. The number of sulfonamides is 1. The van der Waals surface area contributed by atoms with Gasteiger partial charge in [0, 0.05) is 11.3 Å². The Hall–Kier alpha value is -2.97. The highest BCUT2D eigenvalue weighted by Gasteiger charge is 2.18. The van der Waals surface area contributed by atoms with E-state index >= 15 is 0 Å². The fourth-order valence-corrected chi connectivity index (χ4v) is 4.63. The van der Waals surface area contributed by atoms with Crippen LogP contribution in [0, 0.1) is 6.92 Å². The molecule has 0 atom stereocenters. The molecular formula is C22H26N5O2S+. The molecule has 1 saturated heterocycles. The lowest BCUT2D eigenvalue weighted by atomic mass is 10.1. The number of aryl methyl sites for hydroxylation is 1. The molecule has 0 saturated carbocycles. The van der Waals surface area contributed by atoms with Crippen molar-refractivity contribution in [3.63, 3.8) is 0 Å². The highest BCUT2D eigenvalue weighted by molar-refractivity contribution is 7.92. The minimum Gasteiger partial charge on any atom is -0.344 e. The summed E-state index contributed by atoms with van der Waals surface area (Å²) in [5, 5.41) is 8.76. The van der Waals surface area contributed by atoms with Gasteiger partial charge in [0.15, 0.2) is 5.82 Å². The molecule has 2 N–H and O–H groups in total. The van der Waals surface area contributed by atoms with Crippen molar-refractivity contribution in [3.05, 3.63) is 66.2 Å². The van der Waals surface area contributed by atoms with Gasteiger partial charge in [0.2, 0.25) is 0 Å². The van der Waals surface area contributed by atoms with E-state index in [1.807, 2.05) is 37.3 Å². The predicted octanol–water partition coefficient (Wildman–Crippen LogP) is 1.59. The fourth-order valence-electron chi connectivity index (χ4n) is 3.47. The minimum atomic E-state index is -3.62. The highest BCUT2D eigenvalue weighted by Crippen LogP contribution is 2.23. The van der Waals surface area contributed by atoms with E-state index in [2.05, 4.69) is 26.9 Å². The maximum absolute atomic E-state index is 12.6. The van der Waals surface area contributed by atoms with Gasteiger partial charge < -0.3 is 9.80 Å². The van der Waals surface area contributed by atoms with E-state index in [0.29, 0.717) is 5.69 Å². The first kappa shape index (κ1) is 20.3. The third kappa shape index (κ3) is 4.60.